The maximum Gasteiger partial charge on any atom is 0.234 e. The monoisotopic (exact) mass is 308 g/mol. The van der Waals surface area contributed by atoms with Gasteiger partial charge in [-0.3, -0.25) is 4.79 Å². The highest BCUT2D eigenvalue weighted by Gasteiger charge is 2.15. The fraction of sp³-hybridized carbons (Fsp3) is 0.588. The Bertz CT molecular complexity index is 439. The molecule has 21 heavy (non-hydrogen) atoms. The minimum absolute atomic E-state index is 0.0997. The SMILES string of the molecule is C[C@H](NCC(=O)NC1CCCCCC1)c1ccc(Cl)cc1. The summed E-state index contributed by atoms with van der Waals surface area (Å²) in [5.41, 5.74) is 1.14. The van der Waals surface area contributed by atoms with Crippen LogP contribution in [0.5, 0.6) is 0 Å². The highest BCUT2D eigenvalue weighted by molar-refractivity contribution is 6.30. The van der Waals surface area contributed by atoms with Crippen molar-refractivity contribution < 1.29 is 4.79 Å². The largest absolute Gasteiger partial charge is 0.352 e. The van der Waals surface area contributed by atoms with Crippen LogP contribution in [-0.4, -0.2) is 18.5 Å². The number of carbonyl (C=O) groups is 1. The van der Waals surface area contributed by atoms with Crippen molar-refractivity contribution in [3.63, 3.8) is 0 Å². The van der Waals surface area contributed by atoms with E-state index in [9.17, 15) is 4.79 Å². The number of hydrogen-bond donors (Lipinski definition) is 2. The van der Waals surface area contributed by atoms with Crippen molar-refractivity contribution in [2.45, 2.75) is 57.5 Å². The summed E-state index contributed by atoms with van der Waals surface area (Å²) in [6.45, 7) is 2.42. The predicted molar refractivity (Wildman–Crippen MR) is 87.5 cm³/mol. The zero-order valence-corrected chi connectivity index (χ0v) is 13.5. The number of nitrogens with one attached hydrogen (secondary N) is 2. The van der Waals surface area contributed by atoms with Gasteiger partial charge in [0.05, 0.1) is 6.54 Å². The fourth-order valence-electron chi connectivity index (χ4n) is 2.82. The number of benzene rings is 1. The summed E-state index contributed by atoms with van der Waals surface area (Å²) >= 11 is 5.88. The van der Waals surface area contributed by atoms with Crippen LogP contribution in [0.2, 0.25) is 5.02 Å². The van der Waals surface area contributed by atoms with Crippen molar-refractivity contribution in [3.05, 3.63) is 34.9 Å². The predicted octanol–water partition coefficient (Wildman–Crippen LogP) is 3.83. The first-order chi connectivity index (χ1) is 10.1. The van der Waals surface area contributed by atoms with Gasteiger partial charge in [-0.2, -0.15) is 0 Å². The molecule has 0 bridgehead atoms. The molecule has 0 heterocycles. The highest BCUT2D eigenvalue weighted by atomic mass is 35.5. The second kappa shape index (κ2) is 8.40. The minimum Gasteiger partial charge on any atom is -0.352 e. The zero-order valence-electron chi connectivity index (χ0n) is 12.7. The van der Waals surface area contributed by atoms with Crippen molar-refractivity contribution in [1.29, 1.82) is 0 Å². The molecule has 3 nitrogen and oxygen atoms in total. The second-order valence-electron chi connectivity index (χ2n) is 5.91. The average Bonchev–Trinajstić information content (AvgIpc) is 2.74. The summed E-state index contributed by atoms with van der Waals surface area (Å²) in [6.07, 6.45) is 7.33. The van der Waals surface area contributed by atoms with E-state index in [1.165, 1.54) is 25.7 Å². The molecule has 0 aliphatic heterocycles. The fourth-order valence-corrected chi connectivity index (χ4v) is 2.94. The van der Waals surface area contributed by atoms with E-state index in [0.717, 1.165) is 23.4 Å². The summed E-state index contributed by atoms with van der Waals surface area (Å²) in [5, 5.41) is 7.15. The van der Waals surface area contributed by atoms with Crippen LogP contribution in [0.15, 0.2) is 24.3 Å². The van der Waals surface area contributed by atoms with E-state index < -0.39 is 0 Å². The van der Waals surface area contributed by atoms with Gasteiger partial charge in [-0.25, -0.2) is 0 Å². The Balaban J connectivity index is 1.73. The summed E-state index contributed by atoms with van der Waals surface area (Å²) in [5.74, 6) is 0.0997. The third-order valence-electron chi connectivity index (χ3n) is 4.16. The van der Waals surface area contributed by atoms with Gasteiger partial charge in [0.15, 0.2) is 0 Å². The van der Waals surface area contributed by atoms with Gasteiger partial charge >= 0.3 is 0 Å². The third-order valence-corrected chi connectivity index (χ3v) is 4.41. The molecule has 4 heteroatoms. The molecule has 1 atom stereocenters. The maximum atomic E-state index is 12.0. The lowest BCUT2D eigenvalue weighted by atomic mass is 10.1. The van der Waals surface area contributed by atoms with Crippen LogP contribution < -0.4 is 10.6 Å². The average molecular weight is 309 g/mol. The van der Waals surface area contributed by atoms with Crippen molar-refractivity contribution in [3.8, 4) is 0 Å². The first kappa shape index (κ1) is 16.3. The van der Waals surface area contributed by atoms with Crippen LogP contribution in [0, 0.1) is 0 Å². The first-order valence-corrected chi connectivity index (χ1v) is 8.31. The van der Waals surface area contributed by atoms with E-state index in [1.807, 2.05) is 24.3 Å². The van der Waals surface area contributed by atoms with Gasteiger partial charge in [0, 0.05) is 17.1 Å². The molecule has 0 radical (unpaired) electrons. The van der Waals surface area contributed by atoms with E-state index in [4.69, 9.17) is 11.6 Å². The number of amides is 1. The van der Waals surface area contributed by atoms with E-state index in [1.54, 1.807) is 0 Å². The molecule has 0 saturated heterocycles. The summed E-state index contributed by atoms with van der Waals surface area (Å²) in [6, 6.07) is 8.24. The van der Waals surface area contributed by atoms with Gasteiger partial charge in [-0.05, 0) is 37.5 Å². The first-order valence-electron chi connectivity index (χ1n) is 7.93. The lowest BCUT2D eigenvalue weighted by molar-refractivity contribution is -0.121. The lowest BCUT2D eigenvalue weighted by Gasteiger charge is -2.18. The van der Waals surface area contributed by atoms with Gasteiger partial charge in [-0.15, -0.1) is 0 Å². The smallest absolute Gasteiger partial charge is 0.234 e. The topological polar surface area (TPSA) is 41.1 Å². The van der Waals surface area contributed by atoms with Crippen LogP contribution in [-0.2, 0) is 4.79 Å². The number of rotatable bonds is 5. The van der Waals surface area contributed by atoms with Gasteiger partial charge in [0.1, 0.15) is 0 Å². The Labute approximate surface area is 132 Å². The van der Waals surface area contributed by atoms with E-state index in [0.29, 0.717) is 12.6 Å². The second-order valence-corrected chi connectivity index (χ2v) is 6.35. The Kier molecular flexibility index (Phi) is 6.52. The van der Waals surface area contributed by atoms with E-state index in [2.05, 4.69) is 17.6 Å². The van der Waals surface area contributed by atoms with Gasteiger partial charge in [-0.1, -0.05) is 49.4 Å². The van der Waals surface area contributed by atoms with Gasteiger partial charge in [0.2, 0.25) is 5.91 Å². The van der Waals surface area contributed by atoms with Crippen molar-refractivity contribution in [2.75, 3.05) is 6.54 Å². The zero-order chi connectivity index (χ0) is 15.1. The summed E-state index contributed by atoms with van der Waals surface area (Å²) < 4.78 is 0. The third kappa shape index (κ3) is 5.68. The van der Waals surface area contributed by atoms with Crippen molar-refractivity contribution in [2.24, 2.45) is 0 Å². The molecule has 1 aliphatic carbocycles. The van der Waals surface area contributed by atoms with Crippen LogP contribution in [0.1, 0.15) is 57.1 Å². The molecule has 1 aromatic carbocycles. The number of carbonyl (C=O) groups excluding carboxylic acids is 1. The molecule has 1 saturated carbocycles. The maximum absolute atomic E-state index is 12.0. The molecule has 2 N–H and O–H groups in total. The number of halogens is 1. The Morgan fingerprint density at radius 1 is 1.19 bits per heavy atom. The van der Waals surface area contributed by atoms with E-state index in [-0.39, 0.29) is 11.9 Å². The van der Waals surface area contributed by atoms with E-state index >= 15 is 0 Å². The summed E-state index contributed by atoms with van der Waals surface area (Å²) in [4.78, 5) is 12.0. The molecule has 1 amide bonds. The molecule has 1 aliphatic rings. The summed E-state index contributed by atoms with van der Waals surface area (Å²) in [7, 11) is 0. The molecule has 0 aromatic heterocycles. The molecular formula is C17H25ClN2O. The normalized spacial score (nSPS) is 18.0. The number of hydrogen-bond acceptors (Lipinski definition) is 2. The van der Waals surface area contributed by atoms with Crippen LogP contribution in [0.25, 0.3) is 0 Å². The van der Waals surface area contributed by atoms with Crippen LogP contribution >= 0.6 is 11.6 Å². The van der Waals surface area contributed by atoms with Crippen LogP contribution in [0.3, 0.4) is 0 Å². The molecule has 116 valence electrons. The molecule has 1 aromatic rings. The molecule has 0 spiro atoms. The minimum atomic E-state index is 0.0997. The Morgan fingerprint density at radius 3 is 2.43 bits per heavy atom. The molecular weight excluding hydrogens is 284 g/mol. The Hall–Kier alpha value is -1.06. The quantitative estimate of drug-likeness (QED) is 0.812. The van der Waals surface area contributed by atoms with Crippen molar-refractivity contribution in [1.82, 2.24) is 10.6 Å². The lowest BCUT2D eigenvalue weighted by Crippen LogP contribution is -2.40. The van der Waals surface area contributed by atoms with Crippen LogP contribution in [0.4, 0.5) is 0 Å². The van der Waals surface area contributed by atoms with Gasteiger partial charge in [0.25, 0.3) is 0 Å². The highest BCUT2D eigenvalue weighted by Crippen LogP contribution is 2.17. The van der Waals surface area contributed by atoms with Gasteiger partial charge < -0.3 is 10.6 Å². The standard InChI is InChI=1S/C17H25ClN2O/c1-13(14-8-10-15(18)11-9-14)19-12-17(21)20-16-6-4-2-3-5-7-16/h8-11,13,16,19H,2-7,12H2,1H3,(H,20,21)/t13-/m0/s1. The van der Waals surface area contributed by atoms with Crippen molar-refractivity contribution >= 4 is 17.5 Å². The molecule has 1 fully saturated rings. The molecule has 0 unspecified atom stereocenters. The molecule has 2 rings (SSSR count). The Morgan fingerprint density at radius 2 is 1.81 bits per heavy atom.